The van der Waals surface area contributed by atoms with Gasteiger partial charge in [0.2, 0.25) is 12.0 Å². The zero-order valence-corrected chi connectivity index (χ0v) is 17.0. The van der Waals surface area contributed by atoms with Crippen LogP contribution in [-0.4, -0.2) is 43.6 Å². The second kappa shape index (κ2) is 7.70. The lowest BCUT2D eigenvalue weighted by atomic mass is 9.86. The number of benzene rings is 3. The zero-order valence-electron chi connectivity index (χ0n) is 16.2. The molecule has 6 nitrogen and oxygen atoms in total. The molecule has 0 saturated heterocycles. The SMILES string of the molecule is C[N+]1(O)C(O)=C(O)c2cc(Sc3ccccc3)c(O)cc2C(c2ccccc2)C1O. The summed E-state index contributed by atoms with van der Waals surface area (Å²) in [4.78, 5) is 1.35. The number of hydroxylamine groups is 3. The van der Waals surface area contributed by atoms with E-state index < -0.39 is 28.4 Å². The Morgan fingerprint density at radius 1 is 0.867 bits per heavy atom. The number of aliphatic hydroxyl groups excluding tert-OH is 3. The molecule has 1 heterocycles. The van der Waals surface area contributed by atoms with Crippen molar-refractivity contribution in [2.45, 2.75) is 21.9 Å². The van der Waals surface area contributed by atoms with Crippen molar-refractivity contribution in [1.29, 1.82) is 0 Å². The molecular formula is C23H22NO5S+. The molecule has 0 radical (unpaired) electrons. The number of phenolic OH excluding ortho intramolecular Hbond substituents is 1. The number of phenols is 1. The summed E-state index contributed by atoms with van der Waals surface area (Å²) in [7, 11) is 1.19. The largest absolute Gasteiger partial charge is 0.507 e. The van der Waals surface area contributed by atoms with Crippen molar-refractivity contribution in [1.82, 2.24) is 0 Å². The van der Waals surface area contributed by atoms with Crippen molar-refractivity contribution < 1.29 is 30.3 Å². The molecule has 3 aromatic carbocycles. The van der Waals surface area contributed by atoms with E-state index in [1.807, 2.05) is 36.4 Å². The van der Waals surface area contributed by atoms with Crippen molar-refractivity contribution in [3.05, 3.63) is 95.4 Å². The Bertz CT molecular complexity index is 1100. The highest BCUT2D eigenvalue weighted by molar-refractivity contribution is 7.99. The van der Waals surface area contributed by atoms with Gasteiger partial charge >= 0.3 is 5.88 Å². The average Bonchev–Trinajstić information content (AvgIpc) is 2.80. The van der Waals surface area contributed by atoms with Gasteiger partial charge in [-0.15, -0.1) is 0 Å². The van der Waals surface area contributed by atoms with Crippen molar-refractivity contribution in [3.63, 3.8) is 0 Å². The molecule has 3 aromatic rings. The van der Waals surface area contributed by atoms with Crippen LogP contribution in [0, 0.1) is 0 Å². The molecule has 0 fully saturated rings. The molecule has 30 heavy (non-hydrogen) atoms. The summed E-state index contributed by atoms with van der Waals surface area (Å²) in [6.45, 7) is 0. The minimum atomic E-state index is -1.53. The number of aliphatic hydroxyl groups is 3. The fourth-order valence-electron chi connectivity index (χ4n) is 3.67. The van der Waals surface area contributed by atoms with Crippen LogP contribution in [0.3, 0.4) is 0 Å². The predicted octanol–water partition coefficient (Wildman–Crippen LogP) is 4.59. The fraction of sp³-hybridized carbons (Fsp3) is 0.130. The molecule has 0 saturated carbocycles. The third kappa shape index (κ3) is 3.42. The van der Waals surface area contributed by atoms with Crippen molar-refractivity contribution >= 4 is 17.5 Å². The molecule has 3 unspecified atom stereocenters. The molecule has 154 valence electrons. The number of fused-ring (bicyclic) bond motifs is 1. The van der Waals surface area contributed by atoms with E-state index in [4.69, 9.17) is 0 Å². The van der Waals surface area contributed by atoms with Crippen molar-refractivity contribution in [3.8, 4) is 5.75 Å². The molecule has 0 bridgehead atoms. The second-order valence-corrected chi connectivity index (χ2v) is 8.44. The van der Waals surface area contributed by atoms with Crippen LogP contribution in [0.2, 0.25) is 0 Å². The Balaban J connectivity index is 1.93. The topological polar surface area (TPSA) is 101 Å². The molecule has 1 aliphatic heterocycles. The third-order valence-electron chi connectivity index (χ3n) is 5.30. The van der Waals surface area contributed by atoms with E-state index >= 15 is 0 Å². The van der Waals surface area contributed by atoms with E-state index in [0.29, 0.717) is 16.0 Å². The third-order valence-corrected chi connectivity index (χ3v) is 6.36. The number of hydrogen-bond acceptors (Lipinski definition) is 6. The van der Waals surface area contributed by atoms with Gasteiger partial charge in [0.05, 0.1) is 10.8 Å². The van der Waals surface area contributed by atoms with Crippen LogP contribution < -0.4 is 0 Å². The van der Waals surface area contributed by atoms with Crippen LogP contribution >= 0.6 is 11.8 Å². The number of quaternary nitrogens is 1. The van der Waals surface area contributed by atoms with Gasteiger partial charge in [-0.05, 0) is 35.4 Å². The van der Waals surface area contributed by atoms with Crippen LogP contribution in [0.1, 0.15) is 22.6 Å². The molecule has 7 heteroatoms. The Hall–Kier alpha value is -2.97. The summed E-state index contributed by atoms with van der Waals surface area (Å²) < 4.78 is -1.32. The van der Waals surface area contributed by atoms with E-state index in [1.54, 1.807) is 30.3 Å². The van der Waals surface area contributed by atoms with Gasteiger partial charge in [-0.2, -0.15) is 0 Å². The van der Waals surface area contributed by atoms with Gasteiger partial charge in [-0.1, -0.05) is 64.9 Å². The van der Waals surface area contributed by atoms with E-state index in [0.717, 1.165) is 4.90 Å². The van der Waals surface area contributed by atoms with Gasteiger partial charge in [0.15, 0.2) is 0 Å². The van der Waals surface area contributed by atoms with Crippen LogP contribution in [0.25, 0.3) is 5.76 Å². The van der Waals surface area contributed by atoms with Crippen LogP contribution in [0.4, 0.5) is 0 Å². The minimum Gasteiger partial charge on any atom is -0.507 e. The lowest BCUT2D eigenvalue weighted by Gasteiger charge is -2.32. The summed E-state index contributed by atoms with van der Waals surface area (Å²) in [5.74, 6) is -2.17. The quantitative estimate of drug-likeness (QED) is 0.395. The first kappa shape index (κ1) is 20.3. The number of hydrogen-bond donors (Lipinski definition) is 5. The van der Waals surface area contributed by atoms with Gasteiger partial charge < -0.3 is 20.4 Å². The van der Waals surface area contributed by atoms with Crippen LogP contribution in [0.15, 0.2) is 88.5 Å². The molecule has 0 spiro atoms. The summed E-state index contributed by atoms with van der Waals surface area (Å²) >= 11 is 1.30. The lowest BCUT2D eigenvalue weighted by molar-refractivity contribution is -1.10. The Morgan fingerprint density at radius 3 is 2.10 bits per heavy atom. The van der Waals surface area contributed by atoms with E-state index in [2.05, 4.69) is 0 Å². The molecule has 1 aliphatic rings. The van der Waals surface area contributed by atoms with Crippen LogP contribution in [-0.2, 0) is 0 Å². The number of rotatable bonds is 3. The first-order chi connectivity index (χ1) is 14.3. The van der Waals surface area contributed by atoms with Crippen molar-refractivity contribution in [2.24, 2.45) is 0 Å². The van der Waals surface area contributed by atoms with Crippen LogP contribution in [0.5, 0.6) is 5.75 Å². The molecular weight excluding hydrogens is 402 g/mol. The minimum absolute atomic E-state index is 0.0305. The molecule has 0 aliphatic carbocycles. The second-order valence-electron chi connectivity index (χ2n) is 7.32. The Kier molecular flexibility index (Phi) is 5.21. The van der Waals surface area contributed by atoms with Gasteiger partial charge in [0.25, 0.3) is 0 Å². The fourth-order valence-corrected chi connectivity index (χ4v) is 4.55. The normalized spacial score (nSPS) is 23.7. The number of aromatic hydroxyl groups is 1. The molecule has 4 rings (SSSR count). The van der Waals surface area contributed by atoms with Gasteiger partial charge in [0.1, 0.15) is 12.8 Å². The molecule has 5 N–H and O–H groups in total. The summed E-state index contributed by atoms with van der Waals surface area (Å²) in [5.41, 5.74) is 1.28. The Morgan fingerprint density at radius 2 is 1.47 bits per heavy atom. The summed E-state index contributed by atoms with van der Waals surface area (Å²) in [5, 5.41) is 53.8. The summed E-state index contributed by atoms with van der Waals surface area (Å²) in [6.07, 6.45) is -1.53. The van der Waals surface area contributed by atoms with E-state index in [9.17, 15) is 25.6 Å². The first-order valence-electron chi connectivity index (χ1n) is 9.35. The van der Waals surface area contributed by atoms with E-state index in [-0.39, 0.29) is 11.3 Å². The Labute approximate surface area is 178 Å². The maximum Gasteiger partial charge on any atom is 0.368 e. The molecule has 0 aromatic heterocycles. The van der Waals surface area contributed by atoms with Gasteiger partial charge in [-0.3, -0.25) is 0 Å². The predicted molar refractivity (Wildman–Crippen MR) is 113 cm³/mol. The van der Waals surface area contributed by atoms with Crippen molar-refractivity contribution in [2.75, 3.05) is 7.05 Å². The van der Waals surface area contributed by atoms with Gasteiger partial charge in [0, 0.05) is 10.5 Å². The highest BCUT2D eigenvalue weighted by atomic mass is 32.2. The highest BCUT2D eigenvalue weighted by Crippen LogP contribution is 2.46. The van der Waals surface area contributed by atoms with Gasteiger partial charge in [-0.25, -0.2) is 5.21 Å². The number of likely N-dealkylation sites (N-methyl/N-ethyl adjacent to an activating group) is 1. The summed E-state index contributed by atoms with van der Waals surface area (Å²) in [6, 6.07) is 21.4. The molecule has 3 atom stereocenters. The maximum absolute atomic E-state index is 11.0. The smallest absolute Gasteiger partial charge is 0.368 e. The lowest BCUT2D eigenvalue weighted by Crippen LogP contribution is -2.51. The standard InChI is InChI=1S/C23H21NO5S/c1-24(29)22(27)20(14-8-4-2-5-9-14)16-12-18(25)19(13-17(16)21(26)23(24)28)30-15-10-6-3-7-11-15/h2-13,20,22,27,29H,1H3,(H2-,25,26,28)/p+1. The highest BCUT2D eigenvalue weighted by Gasteiger charge is 2.48. The van der Waals surface area contributed by atoms with E-state index in [1.165, 1.54) is 24.9 Å². The number of nitrogens with zero attached hydrogens (tertiary/aromatic N) is 1. The molecule has 0 amide bonds. The average molecular weight is 424 g/mol. The monoisotopic (exact) mass is 424 g/mol. The first-order valence-corrected chi connectivity index (χ1v) is 10.2. The maximum atomic E-state index is 11.0. The zero-order chi connectivity index (χ0) is 21.5.